The van der Waals surface area contributed by atoms with Crippen LogP contribution in [0, 0.1) is 4.91 Å². The van der Waals surface area contributed by atoms with Gasteiger partial charge in [-0.2, -0.15) is 0 Å². The first-order valence-electron chi connectivity index (χ1n) is 7.34. The smallest absolute Gasteiger partial charge is 0.334 e. The largest absolute Gasteiger partial charge is 0.478 e. The zero-order valence-corrected chi connectivity index (χ0v) is 13.6. The molecule has 11 heteroatoms. The van der Waals surface area contributed by atoms with Gasteiger partial charge in [0, 0.05) is 43.7 Å². The Bertz CT molecular complexity index is 726. The maximum absolute atomic E-state index is 10.6. The Morgan fingerprint density at radius 3 is 2.38 bits per heavy atom. The van der Waals surface area contributed by atoms with Crippen molar-refractivity contribution in [1.82, 2.24) is 14.5 Å². The normalized spacial score (nSPS) is 10.0. The van der Waals surface area contributed by atoms with Crippen molar-refractivity contribution >= 4 is 23.4 Å². The van der Waals surface area contributed by atoms with Gasteiger partial charge in [-0.1, -0.05) is 0 Å². The van der Waals surface area contributed by atoms with E-state index in [-0.39, 0.29) is 10.6 Å². The molecule has 138 valence electrons. The number of nitrogens with zero attached hydrogens (tertiary/aromatic N) is 4. The molecule has 2 aromatic rings. The number of aromatic nitrogens is 3. The molecule has 0 radical (unpaired) electrons. The van der Waals surface area contributed by atoms with Crippen molar-refractivity contribution in [2.75, 3.05) is 11.9 Å². The molecule has 0 aliphatic rings. The van der Waals surface area contributed by atoms with Crippen LogP contribution in [0.15, 0.2) is 49.2 Å². The van der Waals surface area contributed by atoms with Crippen LogP contribution in [-0.4, -0.2) is 53.4 Å². The minimum Gasteiger partial charge on any atom is -0.478 e. The van der Waals surface area contributed by atoms with E-state index in [1.807, 2.05) is 10.8 Å². The summed E-state index contributed by atoms with van der Waals surface area (Å²) < 4.78 is 2.00. The number of hydrogen-bond donors (Lipinski definition) is 4. The second-order valence-corrected chi connectivity index (χ2v) is 4.77. The monoisotopic (exact) mass is 364 g/mol. The number of nitrogens with one attached hydrogen (secondary N) is 1. The van der Waals surface area contributed by atoms with E-state index in [9.17, 15) is 14.5 Å². The van der Waals surface area contributed by atoms with Gasteiger partial charge >= 0.3 is 17.6 Å². The highest BCUT2D eigenvalue weighted by Gasteiger charge is 2.10. The van der Waals surface area contributed by atoms with Gasteiger partial charge in [-0.25, -0.2) is 24.8 Å². The van der Waals surface area contributed by atoms with Gasteiger partial charge in [0.1, 0.15) is 12.0 Å². The van der Waals surface area contributed by atoms with Gasteiger partial charge in [0.25, 0.3) is 4.92 Å². The van der Waals surface area contributed by atoms with Crippen LogP contribution in [0.3, 0.4) is 0 Å². The predicted molar refractivity (Wildman–Crippen MR) is 89.1 cm³/mol. The van der Waals surface area contributed by atoms with Crippen molar-refractivity contribution in [1.29, 1.82) is 0 Å². The third-order valence-electron chi connectivity index (χ3n) is 2.80. The Morgan fingerprint density at radius 1 is 1.23 bits per heavy atom. The SMILES string of the molecule is O=C(O)/C=C\C(=O)O.O=[N+](O)c1ccc(NCCCn2ccnc2)nc1. The van der Waals surface area contributed by atoms with E-state index in [2.05, 4.69) is 15.3 Å². The van der Waals surface area contributed by atoms with Gasteiger partial charge in [0.2, 0.25) is 0 Å². The third-order valence-corrected chi connectivity index (χ3v) is 2.80. The highest BCUT2D eigenvalue weighted by molar-refractivity contribution is 5.89. The van der Waals surface area contributed by atoms with E-state index in [0.29, 0.717) is 18.0 Å². The summed E-state index contributed by atoms with van der Waals surface area (Å²) >= 11 is 0. The minimum absolute atomic E-state index is 0.110. The van der Waals surface area contributed by atoms with Gasteiger partial charge in [-0.3, -0.25) is 0 Å². The first-order chi connectivity index (χ1) is 12.4. The molecular formula is C15H18N5O6+. The summed E-state index contributed by atoms with van der Waals surface area (Å²) in [7, 11) is 0. The van der Waals surface area contributed by atoms with Crippen LogP contribution in [0.5, 0.6) is 0 Å². The number of rotatable bonds is 8. The van der Waals surface area contributed by atoms with Crippen molar-refractivity contribution in [2.24, 2.45) is 0 Å². The second kappa shape index (κ2) is 10.9. The van der Waals surface area contributed by atoms with E-state index < -0.39 is 11.9 Å². The van der Waals surface area contributed by atoms with Crippen molar-refractivity contribution in [2.45, 2.75) is 13.0 Å². The molecule has 0 amide bonds. The van der Waals surface area contributed by atoms with Crippen molar-refractivity contribution in [3.8, 4) is 0 Å². The lowest BCUT2D eigenvalue weighted by Gasteiger charge is -2.05. The molecule has 2 rings (SSSR count). The maximum Gasteiger partial charge on any atom is 0.334 e. The molecule has 2 aromatic heterocycles. The molecule has 0 saturated carbocycles. The first kappa shape index (κ1) is 20.3. The van der Waals surface area contributed by atoms with E-state index in [1.165, 1.54) is 12.3 Å². The molecule has 0 spiro atoms. The molecule has 0 fully saturated rings. The Hall–Kier alpha value is -3.76. The summed E-state index contributed by atoms with van der Waals surface area (Å²) in [4.78, 5) is 37.4. The van der Waals surface area contributed by atoms with Crippen LogP contribution in [-0.2, 0) is 16.1 Å². The molecule has 0 aromatic carbocycles. The summed E-state index contributed by atoms with van der Waals surface area (Å²) in [6.45, 7) is 1.65. The van der Waals surface area contributed by atoms with E-state index in [4.69, 9.17) is 15.4 Å². The van der Waals surface area contributed by atoms with Gasteiger partial charge in [0.05, 0.1) is 11.2 Å². The Balaban J connectivity index is 0.000000359. The van der Waals surface area contributed by atoms with E-state index in [0.717, 1.165) is 19.5 Å². The summed E-state index contributed by atoms with van der Waals surface area (Å²) in [5, 5.41) is 27.4. The topological polar surface area (TPSA) is 158 Å². The van der Waals surface area contributed by atoms with E-state index >= 15 is 0 Å². The molecule has 4 N–H and O–H groups in total. The third kappa shape index (κ3) is 8.76. The maximum atomic E-state index is 10.6. The van der Waals surface area contributed by atoms with Crippen LogP contribution in [0.2, 0.25) is 0 Å². The van der Waals surface area contributed by atoms with Crippen LogP contribution < -0.4 is 5.32 Å². The lowest BCUT2D eigenvalue weighted by Crippen LogP contribution is -2.07. The summed E-state index contributed by atoms with van der Waals surface area (Å²) in [5.74, 6) is -1.84. The second-order valence-electron chi connectivity index (χ2n) is 4.77. The summed E-state index contributed by atoms with van der Waals surface area (Å²) in [5.41, 5.74) is 0.110. The van der Waals surface area contributed by atoms with Gasteiger partial charge in [-0.05, 0) is 12.5 Å². The Kier molecular flexibility index (Phi) is 8.51. The fourth-order valence-corrected chi connectivity index (χ4v) is 1.64. The van der Waals surface area contributed by atoms with Crippen LogP contribution >= 0.6 is 0 Å². The molecular weight excluding hydrogens is 346 g/mol. The Morgan fingerprint density at radius 2 is 1.92 bits per heavy atom. The number of imidazole rings is 1. The molecule has 2 heterocycles. The van der Waals surface area contributed by atoms with Gasteiger partial charge < -0.3 is 20.1 Å². The standard InChI is InChI=1S/C11H14N5O2.C4H4O4/c17-16(18)10-2-3-11(14-8-10)13-4-1-6-15-7-5-12-9-15;5-3(6)1-2-4(7)8/h2-3,5,7-9H,1,4,6H2,(H,13,14)(H,17,18);1-2H,(H,5,6)(H,7,8)/q+1;/b;2-1-. The first-order valence-corrected chi connectivity index (χ1v) is 7.34. The minimum atomic E-state index is -1.26. The summed E-state index contributed by atoms with van der Waals surface area (Å²) in [6.07, 6.45) is 8.80. The fourth-order valence-electron chi connectivity index (χ4n) is 1.64. The van der Waals surface area contributed by atoms with Gasteiger partial charge in [-0.15, -0.1) is 0 Å². The van der Waals surface area contributed by atoms with Crippen LogP contribution in [0.4, 0.5) is 11.5 Å². The molecule has 26 heavy (non-hydrogen) atoms. The van der Waals surface area contributed by atoms with Crippen molar-refractivity contribution in [3.05, 3.63) is 54.1 Å². The molecule has 0 aliphatic heterocycles. The number of carboxylic acid groups (broad SMARTS) is 2. The number of carbonyl (C=O) groups is 2. The highest BCUT2D eigenvalue weighted by atomic mass is 16.6. The zero-order chi connectivity index (χ0) is 19.4. The van der Waals surface area contributed by atoms with E-state index in [1.54, 1.807) is 18.6 Å². The average molecular weight is 364 g/mol. The summed E-state index contributed by atoms with van der Waals surface area (Å²) in [6, 6.07) is 3.14. The van der Waals surface area contributed by atoms with Crippen LogP contribution in [0.25, 0.3) is 0 Å². The molecule has 0 aliphatic carbocycles. The number of anilines is 1. The quantitative estimate of drug-likeness (QED) is 0.308. The lowest BCUT2D eigenvalue weighted by atomic mass is 10.4. The molecule has 0 unspecified atom stereocenters. The zero-order valence-electron chi connectivity index (χ0n) is 13.6. The molecule has 0 bridgehead atoms. The number of aliphatic carboxylic acids is 2. The number of hydrogen-bond acceptors (Lipinski definition) is 6. The fraction of sp³-hybridized carbons (Fsp3) is 0.200. The molecule has 0 saturated heterocycles. The van der Waals surface area contributed by atoms with Crippen LogP contribution in [0.1, 0.15) is 6.42 Å². The van der Waals surface area contributed by atoms with Gasteiger partial charge in [0.15, 0.2) is 0 Å². The lowest BCUT2D eigenvalue weighted by molar-refractivity contribution is -0.729. The number of aryl methyl sites for hydroxylation is 1. The Labute approximate surface area is 147 Å². The molecule has 0 atom stereocenters. The van der Waals surface area contributed by atoms with Crippen molar-refractivity contribution < 1.29 is 29.9 Å². The average Bonchev–Trinajstić information content (AvgIpc) is 3.11. The van der Waals surface area contributed by atoms with Crippen molar-refractivity contribution in [3.63, 3.8) is 0 Å². The molecule has 11 nitrogen and oxygen atoms in total. The number of carboxylic acids is 2. The number of pyridine rings is 1. The highest BCUT2D eigenvalue weighted by Crippen LogP contribution is 2.10. The predicted octanol–water partition coefficient (Wildman–Crippen LogP) is 1.29.